The molecule has 1 heterocycles. The van der Waals surface area contributed by atoms with Crippen LogP contribution in [0.4, 0.5) is 15.9 Å². The molecule has 0 aliphatic heterocycles. The summed E-state index contributed by atoms with van der Waals surface area (Å²) in [5.41, 5.74) is 0.547. The summed E-state index contributed by atoms with van der Waals surface area (Å²) in [6, 6.07) is 4.68. The first-order valence-electron chi connectivity index (χ1n) is 4.84. The highest BCUT2D eigenvalue weighted by Crippen LogP contribution is 2.22. The molecule has 0 aliphatic carbocycles. The topological polar surface area (TPSA) is 57.8 Å². The first kappa shape index (κ1) is 11.6. The lowest BCUT2D eigenvalue weighted by Crippen LogP contribution is -2.10. The van der Waals surface area contributed by atoms with Crippen molar-refractivity contribution in [3.63, 3.8) is 0 Å². The van der Waals surface area contributed by atoms with Crippen LogP contribution in [0.2, 0.25) is 5.02 Å². The van der Waals surface area contributed by atoms with Crippen molar-refractivity contribution in [1.82, 2.24) is 9.97 Å². The van der Waals surface area contributed by atoms with Gasteiger partial charge in [0.1, 0.15) is 10.8 Å². The van der Waals surface area contributed by atoms with Gasteiger partial charge in [0.25, 0.3) is 5.56 Å². The Hall–Kier alpha value is -1.88. The number of aryl methyl sites for hydroxylation is 1. The summed E-state index contributed by atoms with van der Waals surface area (Å²) in [4.78, 5) is 17.4. The van der Waals surface area contributed by atoms with Crippen LogP contribution in [0.3, 0.4) is 0 Å². The molecule has 0 fully saturated rings. The minimum Gasteiger partial charge on any atom is -0.336 e. The summed E-state index contributed by atoms with van der Waals surface area (Å²) in [5.74, 6) is -0.304. The number of nitrogens with one attached hydrogen (secondary N) is 2. The molecule has 2 aromatic rings. The predicted molar refractivity (Wildman–Crippen MR) is 64.3 cm³/mol. The van der Waals surface area contributed by atoms with Gasteiger partial charge >= 0.3 is 0 Å². The molecule has 17 heavy (non-hydrogen) atoms. The molecule has 1 aromatic carbocycles. The second-order valence-electron chi connectivity index (χ2n) is 3.50. The van der Waals surface area contributed by atoms with Gasteiger partial charge in [-0.2, -0.15) is 0 Å². The molecule has 2 rings (SSSR count). The highest BCUT2D eigenvalue weighted by molar-refractivity contribution is 6.32. The van der Waals surface area contributed by atoms with Gasteiger partial charge in [-0.1, -0.05) is 17.7 Å². The number of H-pyrrole nitrogens is 1. The minimum atomic E-state index is -0.475. The van der Waals surface area contributed by atoms with E-state index in [9.17, 15) is 9.18 Å². The third-order valence-electron chi connectivity index (χ3n) is 2.17. The van der Waals surface area contributed by atoms with Crippen molar-refractivity contribution in [2.45, 2.75) is 6.92 Å². The molecule has 1 aromatic heterocycles. The van der Waals surface area contributed by atoms with E-state index in [2.05, 4.69) is 15.3 Å². The first-order chi connectivity index (χ1) is 8.08. The Labute approximate surface area is 101 Å². The van der Waals surface area contributed by atoms with E-state index in [4.69, 9.17) is 11.6 Å². The molecule has 2 N–H and O–H groups in total. The van der Waals surface area contributed by atoms with Gasteiger partial charge in [-0.05, 0) is 24.6 Å². The fraction of sp³-hybridized carbons (Fsp3) is 0.0909. The maximum absolute atomic E-state index is 13.5. The van der Waals surface area contributed by atoms with E-state index < -0.39 is 11.4 Å². The molecular weight excluding hydrogens is 245 g/mol. The van der Waals surface area contributed by atoms with Crippen LogP contribution in [0.5, 0.6) is 0 Å². The van der Waals surface area contributed by atoms with Crippen LogP contribution in [-0.2, 0) is 0 Å². The minimum absolute atomic E-state index is 0.104. The lowest BCUT2D eigenvalue weighted by molar-refractivity contribution is 0.630. The van der Waals surface area contributed by atoms with Crippen LogP contribution in [0, 0.1) is 12.7 Å². The second kappa shape index (κ2) is 4.55. The van der Waals surface area contributed by atoms with Crippen molar-refractivity contribution in [1.29, 1.82) is 0 Å². The van der Waals surface area contributed by atoms with E-state index in [0.717, 1.165) is 5.56 Å². The van der Waals surface area contributed by atoms with Gasteiger partial charge in [-0.3, -0.25) is 4.79 Å². The number of rotatable bonds is 2. The van der Waals surface area contributed by atoms with Crippen molar-refractivity contribution in [3.8, 4) is 0 Å². The van der Waals surface area contributed by atoms with Crippen molar-refractivity contribution >= 4 is 23.1 Å². The number of hydrogen-bond acceptors (Lipinski definition) is 3. The number of aromatic nitrogens is 2. The van der Waals surface area contributed by atoms with Crippen LogP contribution >= 0.6 is 11.6 Å². The van der Waals surface area contributed by atoms with Crippen LogP contribution in [0.1, 0.15) is 5.56 Å². The molecule has 0 spiro atoms. The summed E-state index contributed by atoms with van der Waals surface area (Å²) in [5, 5.41) is 2.57. The van der Waals surface area contributed by atoms with Crippen molar-refractivity contribution in [2.24, 2.45) is 0 Å². The van der Waals surface area contributed by atoms with Crippen LogP contribution in [0.15, 0.2) is 29.3 Å². The summed E-state index contributed by atoms with van der Waals surface area (Å²) < 4.78 is 13.5. The molecule has 0 saturated carbocycles. The summed E-state index contributed by atoms with van der Waals surface area (Å²) in [6.45, 7) is 1.78. The normalized spacial score (nSPS) is 10.3. The van der Waals surface area contributed by atoms with Gasteiger partial charge in [0, 0.05) is 0 Å². The molecule has 0 atom stereocenters. The molecule has 88 valence electrons. The zero-order valence-corrected chi connectivity index (χ0v) is 9.68. The van der Waals surface area contributed by atoms with Crippen molar-refractivity contribution in [3.05, 3.63) is 51.3 Å². The third kappa shape index (κ3) is 2.45. The lowest BCUT2D eigenvalue weighted by atomic mass is 10.2. The zero-order chi connectivity index (χ0) is 12.4. The van der Waals surface area contributed by atoms with Crippen LogP contribution in [-0.4, -0.2) is 9.97 Å². The summed E-state index contributed by atoms with van der Waals surface area (Å²) in [7, 11) is 0. The van der Waals surface area contributed by atoms with Crippen LogP contribution in [0.25, 0.3) is 0 Å². The number of nitrogens with zero attached hydrogens (tertiary/aromatic N) is 1. The van der Waals surface area contributed by atoms with Gasteiger partial charge in [0.2, 0.25) is 0 Å². The number of halogens is 2. The monoisotopic (exact) mass is 253 g/mol. The Balaban J connectivity index is 2.38. The van der Waals surface area contributed by atoms with Crippen LogP contribution < -0.4 is 10.9 Å². The van der Waals surface area contributed by atoms with E-state index in [-0.39, 0.29) is 16.5 Å². The predicted octanol–water partition coefficient (Wildman–Crippen LogP) is 2.61. The number of aromatic amines is 1. The van der Waals surface area contributed by atoms with Gasteiger partial charge in [-0.15, -0.1) is 0 Å². The Morgan fingerprint density at radius 2 is 2.24 bits per heavy atom. The Morgan fingerprint density at radius 1 is 1.47 bits per heavy atom. The van der Waals surface area contributed by atoms with Crippen molar-refractivity contribution in [2.75, 3.05) is 5.32 Å². The molecule has 0 amide bonds. The number of anilines is 2. The average molecular weight is 254 g/mol. The van der Waals surface area contributed by atoms with Crippen molar-refractivity contribution < 1.29 is 4.39 Å². The third-order valence-corrected chi connectivity index (χ3v) is 2.52. The summed E-state index contributed by atoms with van der Waals surface area (Å²) >= 11 is 5.74. The fourth-order valence-corrected chi connectivity index (χ4v) is 1.47. The molecule has 0 saturated heterocycles. The number of benzene rings is 1. The molecule has 0 bridgehead atoms. The molecule has 6 heteroatoms. The molecule has 4 nitrogen and oxygen atoms in total. The van der Waals surface area contributed by atoms with Gasteiger partial charge < -0.3 is 10.3 Å². The first-order valence-corrected chi connectivity index (χ1v) is 5.22. The van der Waals surface area contributed by atoms with E-state index in [1.165, 1.54) is 12.4 Å². The standard InChI is InChI=1S/C11H9ClFN3O/c1-6-2-3-8(7(13)4-6)16-10-9(12)11(17)15-5-14-10/h2-5H,1H3,(H2,14,15,16,17). The molecule has 0 radical (unpaired) electrons. The Bertz CT molecular complexity index is 612. The largest absolute Gasteiger partial charge is 0.336 e. The average Bonchev–Trinajstić information content (AvgIpc) is 2.28. The maximum atomic E-state index is 13.5. The maximum Gasteiger partial charge on any atom is 0.271 e. The fourth-order valence-electron chi connectivity index (χ4n) is 1.32. The number of hydrogen-bond donors (Lipinski definition) is 2. The second-order valence-corrected chi connectivity index (χ2v) is 3.88. The zero-order valence-electron chi connectivity index (χ0n) is 8.92. The SMILES string of the molecule is Cc1ccc(Nc2nc[nH]c(=O)c2Cl)c(F)c1. The molecular formula is C11H9ClFN3O. The van der Waals surface area contributed by atoms with E-state index >= 15 is 0 Å². The summed E-state index contributed by atoms with van der Waals surface area (Å²) in [6.07, 6.45) is 1.20. The molecule has 0 aliphatic rings. The Kier molecular flexibility index (Phi) is 3.10. The lowest BCUT2D eigenvalue weighted by Gasteiger charge is -2.07. The van der Waals surface area contributed by atoms with Gasteiger partial charge in [0.05, 0.1) is 12.0 Å². The quantitative estimate of drug-likeness (QED) is 0.865. The van der Waals surface area contributed by atoms with Gasteiger partial charge in [0.15, 0.2) is 5.82 Å². The van der Waals surface area contributed by atoms with E-state index in [1.807, 2.05) is 0 Å². The molecule has 0 unspecified atom stereocenters. The highest BCUT2D eigenvalue weighted by atomic mass is 35.5. The van der Waals surface area contributed by atoms with E-state index in [1.54, 1.807) is 19.1 Å². The Morgan fingerprint density at radius 3 is 2.94 bits per heavy atom. The van der Waals surface area contributed by atoms with E-state index in [0.29, 0.717) is 0 Å². The highest BCUT2D eigenvalue weighted by Gasteiger charge is 2.08. The smallest absolute Gasteiger partial charge is 0.271 e. The van der Waals surface area contributed by atoms with Gasteiger partial charge in [-0.25, -0.2) is 9.37 Å².